The number of carbonyl (C=O) groups is 1. The minimum atomic E-state index is -0.113. The molecule has 0 spiro atoms. The molecule has 4 rings (SSSR count). The molecule has 0 saturated carbocycles. The molecule has 8 nitrogen and oxygen atoms in total. The van der Waals surface area contributed by atoms with E-state index in [2.05, 4.69) is 49.0 Å². The zero-order valence-electron chi connectivity index (χ0n) is 18.4. The van der Waals surface area contributed by atoms with Crippen LogP contribution in [-0.4, -0.2) is 69.9 Å². The minimum absolute atomic E-state index is 0.113. The first-order valence-electron chi connectivity index (χ1n) is 10.8. The fraction of sp³-hybridized carbons (Fsp3) is 0.455. The van der Waals surface area contributed by atoms with Crippen molar-refractivity contribution >= 4 is 29.0 Å². The second kappa shape index (κ2) is 11.0. The Labute approximate surface area is 196 Å². The van der Waals surface area contributed by atoms with Crippen LogP contribution < -0.4 is 5.32 Å². The quantitative estimate of drug-likeness (QED) is 0.378. The van der Waals surface area contributed by atoms with Gasteiger partial charge in [-0.1, -0.05) is 30.0 Å². The third-order valence-corrected chi connectivity index (χ3v) is 7.27. The number of nitrogens with zero attached hydrogens (tertiary/aromatic N) is 5. The first-order valence-corrected chi connectivity index (χ1v) is 12.6. The van der Waals surface area contributed by atoms with Gasteiger partial charge in [-0.05, 0) is 38.4 Å². The molecular weight excluding hydrogens is 444 g/mol. The van der Waals surface area contributed by atoms with Crippen molar-refractivity contribution < 1.29 is 9.53 Å². The van der Waals surface area contributed by atoms with E-state index in [1.165, 1.54) is 16.9 Å². The number of thioether (sulfide) groups is 1. The maximum Gasteiger partial charge on any atom is 0.270 e. The van der Waals surface area contributed by atoms with Gasteiger partial charge in [0.05, 0.1) is 24.7 Å². The lowest BCUT2D eigenvalue weighted by Crippen LogP contribution is -2.38. The molecule has 0 aliphatic carbocycles. The second-order valence-electron chi connectivity index (χ2n) is 7.63. The van der Waals surface area contributed by atoms with Crippen LogP contribution in [0.3, 0.4) is 0 Å². The van der Waals surface area contributed by atoms with Crippen molar-refractivity contribution in [3.63, 3.8) is 0 Å². The predicted molar refractivity (Wildman–Crippen MR) is 127 cm³/mol. The summed E-state index contributed by atoms with van der Waals surface area (Å²) in [5, 5.41) is 15.1. The second-order valence-corrected chi connectivity index (χ2v) is 9.52. The number of rotatable bonds is 9. The minimum Gasteiger partial charge on any atom is -0.379 e. The summed E-state index contributed by atoms with van der Waals surface area (Å²) in [4.78, 5) is 19.3. The SMILES string of the molecule is Cc1ccccc1-n1c(C)nnc1SCc1nc(C(=O)NCCCN2CCOCC2)cs1. The van der Waals surface area contributed by atoms with E-state index in [-0.39, 0.29) is 5.91 Å². The Morgan fingerprint density at radius 1 is 1.22 bits per heavy atom. The maximum absolute atomic E-state index is 12.4. The molecule has 1 aliphatic heterocycles. The number of benzene rings is 1. The highest BCUT2D eigenvalue weighted by molar-refractivity contribution is 7.98. The average Bonchev–Trinajstić information content (AvgIpc) is 3.43. The van der Waals surface area contributed by atoms with Crippen molar-refractivity contribution in [3.05, 3.63) is 51.7 Å². The van der Waals surface area contributed by atoms with Crippen LogP contribution in [-0.2, 0) is 10.5 Å². The smallest absolute Gasteiger partial charge is 0.270 e. The van der Waals surface area contributed by atoms with E-state index in [4.69, 9.17) is 4.74 Å². The first-order chi connectivity index (χ1) is 15.6. The molecule has 0 radical (unpaired) electrons. The Hall–Kier alpha value is -2.27. The van der Waals surface area contributed by atoms with Gasteiger partial charge in [-0.15, -0.1) is 21.5 Å². The van der Waals surface area contributed by atoms with Gasteiger partial charge >= 0.3 is 0 Å². The molecule has 0 unspecified atom stereocenters. The Kier molecular flexibility index (Phi) is 7.90. The summed E-state index contributed by atoms with van der Waals surface area (Å²) >= 11 is 3.08. The molecular formula is C22H28N6O2S2. The molecule has 1 N–H and O–H groups in total. The van der Waals surface area contributed by atoms with E-state index in [9.17, 15) is 4.79 Å². The van der Waals surface area contributed by atoms with Crippen molar-refractivity contribution in [2.75, 3.05) is 39.4 Å². The fourth-order valence-electron chi connectivity index (χ4n) is 3.56. The van der Waals surface area contributed by atoms with Gasteiger partial charge in [-0.25, -0.2) is 4.98 Å². The summed E-state index contributed by atoms with van der Waals surface area (Å²) in [5.74, 6) is 1.37. The molecule has 0 atom stereocenters. The van der Waals surface area contributed by atoms with Crippen LogP contribution in [0.2, 0.25) is 0 Å². The Morgan fingerprint density at radius 3 is 2.84 bits per heavy atom. The number of hydrogen-bond acceptors (Lipinski definition) is 8. The summed E-state index contributed by atoms with van der Waals surface area (Å²) < 4.78 is 7.42. The largest absolute Gasteiger partial charge is 0.379 e. The zero-order valence-corrected chi connectivity index (χ0v) is 20.0. The molecule has 10 heteroatoms. The normalized spacial score (nSPS) is 14.6. The van der Waals surface area contributed by atoms with Gasteiger partial charge in [-0.2, -0.15) is 0 Å². The number of hydrogen-bond donors (Lipinski definition) is 1. The lowest BCUT2D eigenvalue weighted by molar-refractivity contribution is 0.0374. The molecule has 1 amide bonds. The van der Waals surface area contributed by atoms with Gasteiger partial charge in [0.2, 0.25) is 0 Å². The van der Waals surface area contributed by atoms with E-state index in [0.717, 1.165) is 60.9 Å². The predicted octanol–water partition coefficient (Wildman–Crippen LogP) is 3.09. The monoisotopic (exact) mass is 472 g/mol. The molecule has 2 aromatic heterocycles. The summed E-state index contributed by atoms with van der Waals surface area (Å²) in [6.45, 7) is 9.19. The van der Waals surface area contributed by atoms with Crippen LogP contribution in [0.4, 0.5) is 0 Å². The van der Waals surface area contributed by atoms with Crippen molar-refractivity contribution in [2.24, 2.45) is 0 Å². The topological polar surface area (TPSA) is 85.2 Å². The molecule has 3 heterocycles. The van der Waals surface area contributed by atoms with Crippen LogP contribution in [0.5, 0.6) is 0 Å². The molecule has 0 bridgehead atoms. The number of ether oxygens (including phenoxy) is 1. The van der Waals surface area contributed by atoms with E-state index < -0.39 is 0 Å². The summed E-state index contributed by atoms with van der Waals surface area (Å²) in [7, 11) is 0. The number of amides is 1. The number of para-hydroxylation sites is 1. The van der Waals surface area contributed by atoms with Gasteiger partial charge in [-0.3, -0.25) is 14.3 Å². The van der Waals surface area contributed by atoms with E-state index in [1.807, 2.05) is 24.4 Å². The Bertz CT molecular complexity index is 1040. The number of carbonyl (C=O) groups excluding carboxylic acids is 1. The fourth-order valence-corrected chi connectivity index (χ4v) is 5.34. The highest BCUT2D eigenvalue weighted by atomic mass is 32.2. The summed E-state index contributed by atoms with van der Waals surface area (Å²) in [6.07, 6.45) is 0.923. The highest BCUT2D eigenvalue weighted by Gasteiger charge is 2.16. The highest BCUT2D eigenvalue weighted by Crippen LogP contribution is 2.27. The van der Waals surface area contributed by atoms with Gasteiger partial charge in [0.15, 0.2) is 5.16 Å². The summed E-state index contributed by atoms with van der Waals surface area (Å²) in [6, 6.07) is 8.19. The van der Waals surface area contributed by atoms with Gasteiger partial charge in [0.1, 0.15) is 16.5 Å². The first kappa shape index (κ1) is 22.9. The third-order valence-electron chi connectivity index (χ3n) is 5.30. The van der Waals surface area contributed by atoms with Crippen molar-refractivity contribution in [1.29, 1.82) is 0 Å². The van der Waals surface area contributed by atoms with Crippen molar-refractivity contribution in [2.45, 2.75) is 31.2 Å². The van der Waals surface area contributed by atoms with Gasteiger partial charge in [0.25, 0.3) is 5.91 Å². The van der Waals surface area contributed by atoms with Gasteiger partial charge in [0, 0.05) is 25.0 Å². The van der Waals surface area contributed by atoms with Crippen LogP contribution >= 0.6 is 23.1 Å². The molecule has 1 fully saturated rings. The average molecular weight is 473 g/mol. The van der Waals surface area contributed by atoms with Crippen LogP contribution in [0.25, 0.3) is 5.69 Å². The van der Waals surface area contributed by atoms with Crippen molar-refractivity contribution in [1.82, 2.24) is 30.0 Å². The molecule has 1 saturated heterocycles. The van der Waals surface area contributed by atoms with E-state index >= 15 is 0 Å². The van der Waals surface area contributed by atoms with Gasteiger partial charge < -0.3 is 10.1 Å². The zero-order chi connectivity index (χ0) is 22.3. The lowest BCUT2D eigenvalue weighted by Gasteiger charge is -2.26. The standard InChI is InChI=1S/C22H28N6O2S2/c1-16-6-3-4-7-19(16)28-17(2)25-26-22(28)32-15-20-24-18(14-31-20)21(29)23-8-5-9-27-10-12-30-13-11-27/h3-4,6-7,14H,5,8-13,15H2,1-2H3,(H,23,29). The Morgan fingerprint density at radius 2 is 2.03 bits per heavy atom. The number of aryl methyl sites for hydroxylation is 2. The van der Waals surface area contributed by atoms with E-state index in [1.54, 1.807) is 11.8 Å². The molecule has 170 valence electrons. The number of thiazole rings is 1. The molecule has 3 aromatic rings. The molecule has 1 aromatic carbocycles. The third kappa shape index (κ3) is 5.74. The van der Waals surface area contributed by atoms with E-state index in [0.29, 0.717) is 18.0 Å². The number of aromatic nitrogens is 4. The van der Waals surface area contributed by atoms with Crippen LogP contribution in [0.15, 0.2) is 34.8 Å². The summed E-state index contributed by atoms with van der Waals surface area (Å²) in [5.41, 5.74) is 2.72. The Balaban J connectivity index is 1.28. The lowest BCUT2D eigenvalue weighted by atomic mass is 10.2. The molecule has 32 heavy (non-hydrogen) atoms. The number of morpholine rings is 1. The number of nitrogens with one attached hydrogen (secondary N) is 1. The van der Waals surface area contributed by atoms with Crippen molar-refractivity contribution in [3.8, 4) is 5.69 Å². The van der Waals surface area contributed by atoms with Crippen LogP contribution in [0.1, 0.15) is 33.3 Å². The van der Waals surface area contributed by atoms with Crippen LogP contribution in [0, 0.1) is 13.8 Å². The maximum atomic E-state index is 12.4. The molecule has 1 aliphatic rings.